The monoisotopic (exact) mass is 371 g/mol. The number of thiazole rings is 1. The zero-order valence-corrected chi connectivity index (χ0v) is 14.0. The van der Waals surface area contributed by atoms with E-state index in [-0.39, 0.29) is 34.6 Å². The lowest BCUT2D eigenvalue weighted by molar-refractivity contribution is 0.594. The van der Waals surface area contributed by atoms with E-state index in [4.69, 9.17) is 21.7 Å². The molecule has 9 nitrogen and oxygen atoms in total. The first-order valence-corrected chi connectivity index (χ1v) is 8.85. The highest BCUT2D eigenvalue weighted by atomic mass is 32.2. The third-order valence-electron chi connectivity index (χ3n) is 1.81. The minimum Gasteiger partial charge on any atom is -2.00 e. The molecule has 0 aromatic carbocycles. The molecule has 0 spiro atoms. The molecular weight excluding hydrogens is 354 g/mol. The number of amidine groups is 1. The van der Waals surface area contributed by atoms with Gasteiger partial charge in [-0.05, 0) is 0 Å². The van der Waals surface area contributed by atoms with Crippen LogP contribution in [0.15, 0.2) is 5.38 Å². The third kappa shape index (κ3) is 9.52. The van der Waals surface area contributed by atoms with Crippen LogP contribution in [-0.4, -0.2) is 30.9 Å². The Bertz CT molecular complexity index is 595. The van der Waals surface area contributed by atoms with Crippen LogP contribution in [-0.2, 0) is 29.5 Å². The average Bonchev–Trinajstić information content (AvgIpc) is 2.68. The Hall–Kier alpha value is -1.02. The van der Waals surface area contributed by atoms with E-state index in [1.54, 1.807) is 0 Å². The van der Waals surface area contributed by atoms with Crippen LogP contribution in [0.3, 0.4) is 0 Å². The Morgan fingerprint density at radius 1 is 1.52 bits per heavy atom. The Morgan fingerprint density at radius 3 is 2.76 bits per heavy atom. The molecule has 1 aromatic rings. The van der Waals surface area contributed by atoms with Crippen LogP contribution in [0.2, 0.25) is 0 Å². The van der Waals surface area contributed by atoms with E-state index in [1.807, 2.05) is 10.1 Å². The molecule has 8 N–H and O–H groups in total. The molecule has 0 unspecified atom stereocenters. The molecule has 0 aliphatic rings. The van der Waals surface area contributed by atoms with E-state index in [1.165, 1.54) is 23.1 Å². The van der Waals surface area contributed by atoms with Gasteiger partial charge < -0.3 is 24.5 Å². The summed E-state index contributed by atoms with van der Waals surface area (Å²) < 4.78 is 23.2. The highest BCUT2D eigenvalue weighted by molar-refractivity contribution is 7.98. The number of thioether (sulfide) groups is 1. The van der Waals surface area contributed by atoms with Crippen LogP contribution in [0.4, 0.5) is 5.13 Å². The van der Waals surface area contributed by atoms with Crippen molar-refractivity contribution in [1.82, 2.24) is 9.71 Å². The predicted octanol–water partition coefficient (Wildman–Crippen LogP) is 0.0647. The average molecular weight is 372 g/mol. The molecule has 21 heavy (non-hydrogen) atoms. The van der Waals surface area contributed by atoms with Gasteiger partial charge in [-0.15, -0.1) is 11.3 Å². The van der Waals surface area contributed by atoms with Crippen LogP contribution in [0, 0.1) is 10.8 Å². The van der Waals surface area contributed by atoms with E-state index in [9.17, 15) is 8.42 Å². The number of hydrogen-bond acceptors (Lipinski definition) is 7. The fourth-order valence-corrected chi connectivity index (χ4v) is 3.24. The molecule has 1 rings (SSSR count). The number of nitrogens with one attached hydrogen (secondary N) is 4. The lowest BCUT2D eigenvalue weighted by Gasteiger charge is -2.04. The summed E-state index contributed by atoms with van der Waals surface area (Å²) in [6, 6.07) is 0. The van der Waals surface area contributed by atoms with Crippen molar-refractivity contribution in [3.05, 3.63) is 11.1 Å². The van der Waals surface area contributed by atoms with E-state index in [0.29, 0.717) is 16.6 Å². The molecule has 0 aliphatic heterocycles. The quantitative estimate of drug-likeness (QED) is 0.225. The number of hydrogen-bond donors (Lipinski definition) is 6. The second-order valence-corrected chi connectivity index (χ2v) is 6.87. The molecule has 0 amide bonds. The van der Waals surface area contributed by atoms with Gasteiger partial charge in [-0.1, -0.05) is 0 Å². The second kappa shape index (κ2) is 9.09. The molecule has 0 aliphatic carbocycles. The second-order valence-electron chi connectivity index (χ2n) is 3.61. The summed E-state index contributed by atoms with van der Waals surface area (Å²) in [4.78, 5) is 4.21. The summed E-state index contributed by atoms with van der Waals surface area (Å²) >= 11 is 2.85. The summed E-state index contributed by atoms with van der Waals surface area (Å²) in [6.45, 7) is 0. The van der Waals surface area contributed by atoms with Crippen molar-refractivity contribution in [2.24, 2.45) is 10.9 Å². The first-order valence-electron chi connectivity index (χ1n) is 5.27. The zero-order valence-electron chi connectivity index (χ0n) is 12.8. The molecule has 0 saturated carbocycles. The fourth-order valence-electron chi connectivity index (χ4n) is 1.12. The number of rotatable bonds is 7. The van der Waals surface area contributed by atoms with Crippen molar-refractivity contribution >= 4 is 63.7 Å². The van der Waals surface area contributed by atoms with Gasteiger partial charge in [0.2, 0.25) is 0 Å². The molecule has 0 radical (unpaired) electrons. The molecule has 1 heterocycles. The largest absolute Gasteiger partial charge is 2.00 e. The van der Waals surface area contributed by atoms with Crippen molar-refractivity contribution < 1.29 is 11.3 Å². The van der Waals surface area contributed by atoms with Crippen LogP contribution < -0.4 is 20.9 Å². The molecule has 1 aromatic heterocycles. The maximum absolute atomic E-state index is 10.7. The summed E-state index contributed by atoms with van der Waals surface area (Å²) in [5, 5.41) is 24.2. The molecule has 13 heteroatoms. The molecule has 0 fully saturated rings. The maximum Gasteiger partial charge on any atom is 1.00 e. The van der Waals surface area contributed by atoms with Gasteiger partial charge in [-0.25, -0.2) is 10.1 Å². The van der Waals surface area contributed by atoms with Gasteiger partial charge >= 0.3 is 2.85 Å². The first kappa shape index (κ1) is 20.0. The summed E-state index contributed by atoms with van der Waals surface area (Å²) in [5.74, 6) is 0.880. The van der Waals surface area contributed by atoms with E-state index in [2.05, 4.69) is 10.3 Å². The highest BCUT2D eigenvalue weighted by Crippen LogP contribution is 2.19. The Kier molecular flexibility index (Phi) is 8.65. The van der Waals surface area contributed by atoms with Gasteiger partial charge in [-0.3, -0.25) is 15.5 Å². The van der Waals surface area contributed by atoms with Crippen LogP contribution in [0.5, 0.6) is 0 Å². The van der Waals surface area contributed by atoms with Gasteiger partial charge in [0, 0.05) is 23.3 Å². The zero-order chi connectivity index (χ0) is 15.2. The molecular formula is C8H17N7O2S4. The van der Waals surface area contributed by atoms with Gasteiger partial charge in [0.25, 0.3) is 10.2 Å². The lowest BCUT2D eigenvalue weighted by atomic mass is 10.5. The van der Waals surface area contributed by atoms with Crippen molar-refractivity contribution in [2.45, 2.75) is 12.2 Å². The number of nitrogens with zero attached hydrogens (tertiary/aromatic N) is 1. The first-order chi connectivity index (χ1) is 9.26. The minimum absolute atomic E-state index is 0. The van der Waals surface area contributed by atoms with Crippen molar-refractivity contribution in [3.63, 3.8) is 0 Å². The third-order valence-corrected chi connectivity index (χ3v) is 4.14. The van der Waals surface area contributed by atoms with Crippen LogP contribution in [0.1, 0.15) is 15.0 Å². The summed E-state index contributed by atoms with van der Waals surface area (Å²) in [7, 11) is -3.86. The maximum atomic E-state index is 10.7. The van der Waals surface area contributed by atoms with Crippen LogP contribution >= 0.6 is 23.1 Å². The van der Waals surface area contributed by atoms with Crippen molar-refractivity contribution in [2.75, 3.05) is 11.1 Å². The topological polar surface area (TPSA) is 171 Å². The number of anilines is 1. The van der Waals surface area contributed by atoms with E-state index in [0.717, 1.165) is 5.69 Å². The summed E-state index contributed by atoms with van der Waals surface area (Å²) in [6.07, 6.45) is 0.268. The highest BCUT2D eigenvalue weighted by Gasteiger charge is 2.06. The SMILES string of the molecule is N=C(N)Nc1nc(CSCCC(=N)NS(N)(=O)=O)cs1.[H+].[H+].[S-2]. The fraction of sp³-hybridized carbons (Fsp3) is 0.375. The van der Waals surface area contributed by atoms with E-state index >= 15 is 0 Å². The standard InChI is InChI=1S/C8H15N7O2S3.S/c9-6(15-20(12,16)17)1-2-18-3-5-4-19-8(13-5)14-7(10)11;/h4H,1-3H2,(H2,9,15)(H2,12,16,17)(H4,10,11,13,14);/q;-2/p+2. The smallest absolute Gasteiger partial charge is 1.00 e. The molecule has 0 bridgehead atoms. The number of guanidine groups is 1. The lowest BCUT2D eigenvalue weighted by Crippen LogP contribution is -2.35. The van der Waals surface area contributed by atoms with Crippen molar-refractivity contribution in [3.8, 4) is 0 Å². The minimum atomic E-state index is -3.86. The molecule has 0 saturated heterocycles. The number of nitrogens with two attached hydrogens (primary N) is 2. The summed E-state index contributed by atoms with van der Waals surface area (Å²) in [5.41, 5.74) is 6.01. The normalized spacial score (nSPS) is 10.5. The Labute approximate surface area is 140 Å². The van der Waals surface area contributed by atoms with Gasteiger partial charge in [0.05, 0.1) is 5.69 Å². The van der Waals surface area contributed by atoms with E-state index < -0.39 is 10.2 Å². The predicted molar refractivity (Wildman–Crippen MR) is 92.0 cm³/mol. The molecule has 0 atom stereocenters. The number of aromatic nitrogens is 1. The van der Waals surface area contributed by atoms with Crippen molar-refractivity contribution in [1.29, 1.82) is 10.8 Å². The van der Waals surface area contributed by atoms with Gasteiger partial charge in [0.15, 0.2) is 11.1 Å². The Morgan fingerprint density at radius 2 is 2.19 bits per heavy atom. The molecule has 120 valence electrons. The van der Waals surface area contributed by atoms with Gasteiger partial charge in [-0.2, -0.15) is 20.2 Å². The van der Waals surface area contributed by atoms with Gasteiger partial charge in [0.1, 0.15) is 5.84 Å². The Balaban J connectivity index is -0.00000133. The van der Waals surface area contributed by atoms with Crippen LogP contribution in [0.25, 0.3) is 0 Å².